The number of hydrogen-bond donors (Lipinski definition) is 3. The van der Waals surface area contributed by atoms with Crippen LogP contribution in [0.5, 0.6) is 0 Å². The zero-order valence-corrected chi connectivity index (χ0v) is 17.2. The highest BCUT2D eigenvalue weighted by atomic mass is 19.1. The predicted octanol–water partition coefficient (Wildman–Crippen LogP) is 3.36. The van der Waals surface area contributed by atoms with Crippen LogP contribution in [0, 0.1) is 11.6 Å². The first-order valence-corrected chi connectivity index (χ1v) is 10.4. The van der Waals surface area contributed by atoms with Crippen LogP contribution in [-0.2, 0) is 11.2 Å². The number of morpholine rings is 1. The highest BCUT2D eigenvalue weighted by Gasteiger charge is 2.23. The largest absolute Gasteiger partial charge is 0.379 e. The number of hydrogen-bond acceptors (Lipinski definition) is 3. The van der Waals surface area contributed by atoms with E-state index in [9.17, 15) is 13.6 Å². The lowest BCUT2D eigenvalue weighted by molar-refractivity contribution is 0.0166. The molecule has 164 valence electrons. The fourth-order valence-corrected chi connectivity index (χ4v) is 3.98. The maximum absolute atomic E-state index is 13.8. The van der Waals surface area contributed by atoms with Gasteiger partial charge in [-0.05, 0) is 47.9 Å². The number of amides is 2. The van der Waals surface area contributed by atoms with Crippen LogP contribution in [0.3, 0.4) is 0 Å². The van der Waals surface area contributed by atoms with E-state index in [2.05, 4.69) is 20.5 Å². The van der Waals surface area contributed by atoms with Crippen LogP contribution >= 0.6 is 0 Å². The Hall–Kier alpha value is -2.97. The second kappa shape index (κ2) is 9.89. The van der Waals surface area contributed by atoms with Gasteiger partial charge in [0.25, 0.3) is 0 Å². The molecule has 1 aliphatic heterocycles. The number of halogens is 2. The normalized spacial score (nSPS) is 15.7. The summed E-state index contributed by atoms with van der Waals surface area (Å²) in [5, 5.41) is 6.57. The molecule has 31 heavy (non-hydrogen) atoms. The lowest BCUT2D eigenvalue weighted by Crippen LogP contribution is -2.46. The topological polar surface area (TPSA) is 69.4 Å². The van der Waals surface area contributed by atoms with Crippen LogP contribution in [0.2, 0.25) is 0 Å². The maximum Gasteiger partial charge on any atom is 0.314 e. The first kappa shape index (κ1) is 21.3. The molecular weight excluding hydrogens is 402 g/mol. The molecule has 0 aliphatic carbocycles. The fraction of sp³-hybridized carbons (Fsp3) is 0.348. The maximum atomic E-state index is 13.8. The van der Waals surface area contributed by atoms with Gasteiger partial charge in [0.05, 0.1) is 19.3 Å². The van der Waals surface area contributed by atoms with Crippen LogP contribution in [0.25, 0.3) is 10.9 Å². The molecule has 2 amide bonds. The van der Waals surface area contributed by atoms with Crippen molar-refractivity contribution < 1.29 is 18.3 Å². The van der Waals surface area contributed by atoms with E-state index in [-0.39, 0.29) is 23.7 Å². The highest BCUT2D eigenvalue weighted by molar-refractivity contribution is 5.83. The summed E-state index contributed by atoms with van der Waals surface area (Å²) in [6.45, 7) is 3.45. The van der Waals surface area contributed by atoms with Gasteiger partial charge in [0.15, 0.2) is 0 Å². The molecule has 0 saturated carbocycles. The molecule has 1 fully saturated rings. The average molecular weight is 428 g/mol. The Morgan fingerprint density at radius 1 is 1.10 bits per heavy atom. The third kappa shape index (κ3) is 5.39. The zero-order valence-electron chi connectivity index (χ0n) is 17.2. The molecule has 0 radical (unpaired) electrons. The molecule has 2 heterocycles. The second-order valence-corrected chi connectivity index (χ2v) is 7.61. The van der Waals surface area contributed by atoms with Gasteiger partial charge >= 0.3 is 6.03 Å². The Morgan fingerprint density at radius 3 is 2.71 bits per heavy atom. The molecule has 3 N–H and O–H groups in total. The third-order valence-corrected chi connectivity index (χ3v) is 5.59. The molecule has 6 nitrogen and oxygen atoms in total. The van der Waals surface area contributed by atoms with E-state index in [0.717, 1.165) is 35.1 Å². The number of urea groups is 1. The van der Waals surface area contributed by atoms with E-state index in [4.69, 9.17) is 4.74 Å². The summed E-state index contributed by atoms with van der Waals surface area (Å²) in [6, 6.07) is 10.7. The van der Waals surface area contributed by atoms with E-state index in [1.807, 2.05) is 12.3 Å². The van der Waals surface area contributed by atoms with Gasteiger partial charge in [0.2, 0.25) is 0 Å². The SMILES string of the molecule is O=C(NCCc1c[nH]c2ccc(F)cc12)NCC(c1cccc(F)c1)N1CCOCC1. The van der Waals surface area contributed by atoms with E-state index in [0.29, 0.717) is 32.7 Å². The van der Waals surface area contributed by atoms with E-state index in [1.165, 1.54) is 24.3 Å². The van der Waals surface area contributed by atoms with Crippen molar-refractivity contribution in [3.8, 4) is 0 Å². The summed E-state index contributed by atoms with van der Waals surface area (Å²) in [5.41, 5.74) is 2.63. The highest BCUT2D eigenvalue weighted by Crippen LogP contribution is 2.22. The van der Waals surface area contributed by atoms with Gasteiger partial charge in [-0.15, -0.1) is 0 Å². The van der Waals surface area contributed by atoms with Gasteiger partial charge in [0, 0.05) is 43.3 Å². The molecule has 4 rings (SSSR count). The van der Waals surface area contributed by atoms with Gasteiger partial charge in [-0.1, -0.05) is 12.1 Å². The lowest BCUT2D eigenvalue weighted by atomic mass is 10.0. The van der Waals surface area contributed by atoms with Crippen molar-refractivity contribution in [3.63, 3.8) is 0 Å². The minimum absolute atomic E-state index is 0.137. The van der Waals surface area contributed by atoms with Crippen molar-refractivity contribution in [3.05, 3.63) is 71.4 Å². The van der Waals surface area contributed by atoms with Gasteiger partial charge in [-0.25, -0.2) is 13.6 Å². The Kier molecular flexibility index (Phi) is 6.79. The number of rotatable bonds is 7. The van der Waals surface area contributed by atoms with Crippen LogP contribution in [0.15, 0.2) is 48.7 Å². The standard InChI is InChI=1S/C23H26F2N4O2/c24-18-3-1-2-16(12-18)22(29-8-10-31-11-9-29)15-28-23(30)26-7-6-17-14-27-21-5-4-19(25)13-20(17)21/h1-5,12-14,22,27H,6-11,15H2,(H2,26,28,30). The molecule has 1 aromatic heterocycles. The minimum atomic E-state index is -0.296. The van der Waals surface area contributed by atoms with Gasteiger partial charge in [-0.3, -0.25) is 4.90 Å². The number of ether oxygens (including phenoxy) is 1. The van der Waals surface area contributed by atoms with Crippen molar-refractivity contribution in [2.75, 3.05) is 39.4 Å². The lowest BCUT2D eigenvalue weighted by Gasteiger charge is -2.35. The number of benzene rings is 2. The van der Waals surface area contributed by atoms with Crippen molar-refractivity contribution in [2.24, 2.45) is 0 Å². The Morgan fingerprint density at radius 2 is 1.90 bits per heavy atom. The predicted molar refractivity (Wildman–Crippen MR) is 115 cm³/mol. The van der Waals surface area contributed by atoms with Gasteiger partial charge in [0.1, 0.15) is 11.6 Å². The minimum Gasteiger partial charge on any atom is -0.379 e. The van der Waals surface area contributed by atoms with Crippen LogP contribution in [0.4, 0.5) is 13.6 Å². The molecule has 2 aromatic carbocycles. The first-order valence-electron chi connectivity index (χ1n) is 10.4. The molecule has 1 aliphatic rings. The number of fused-ring (bicyclic) bond motifs is 1. The van der Waals surface area contributed by atoms with Crippen molar-refractivity contribution in [1.82, 2.24) is 20.5 Å². The first-order chi connectivity index (χ1) is 15.1. The molecule has 0 spiro atoms. The van der Waals surface area contributed by atoms with E-state index >= 15 is 0 Å². The Bertz CT molecular complexity index is 1030. The second-order valence-electron chi connectivity index (χ2n) is 7.61. The molecule has 1 saturated heterocycles. The number of nitrogens with zero attached hydrogens (tertiary/aromatic N) is 1. The fourth-order valence-electron chi connectivity index (χ4n) is 3.98. The molecule has 1 atom stereocenters. The summed E-state index contributed by atoms with van der Waals surface area (Å²) >= 11 is 0. The van der Waals surface area contributed by atoms with Crippen molar-refractivity contribution in [2.45, 2.75) is 12.5 Å². The number of aromatic nitrogens is 1. The molecule has 1 unspecified atom stereocenters. The average Bonchev–Trinajstić information content (AvgIpc) is 3.17. The monoisotopic (exact) mass is 428 g/mol. The van der Waals surface area contributed by atoms with Crippen LogP contribution in [-0.4, -0.2) is 55.3 Å². The number of carbonyl (C=O) groups is 1. The summed E-state index contributed by atoms with van der Waals surface area (Å²) in [5.74, 6) is -0.582. The summed E-state index contributed by atoms with van der Waals surface area (Å²) in [6.07, 6.45) is 2.41. The van der Waals surface area contributed by atoms with Crippen LogP contribution in [0.1, 0.15) is 17.2 Å². The molecule has 8 heteroatoms. The molecule has 0 bridgehead atoms. The number of carbonyl (C=O) groups excluding carboxylic acids is 1. The summed E-state index contributed by atoms with van der Waals surface area (Å²) in [4.78, 5) is 17.7. The van der Waals surface area contributed by atoms with E-state index < -0.39 is 0 Å². The van der Waals surface area contributed by atoms with Crippen molar-refractivity contribution >= 4 is 16.9 Å². The molecular formula is C23H26F2N4O2. The van der Waals surface area contributed by atoms with E-state index in [1.54, 1.807) is 12.1 Å². The zero-order chi connectivity index (χ0) is 21.6. The summed E-state index contributed by atoms with van der Waals surface area (Å²) < 4.78 is 32.7. The van der Waals surface area contributed by atoms with Gasteiger partial charge < -0.3 is 20.4 Å². The molecule has 3 aromatic rings. The Balaban J connectivity index is 1.32. The quantitative estimate of drug-likeness (QED) is 0.541. The third-order valence-electron chi connectivity index (χ3n) is 5.59. The van der Waals surface area contributed by atoms with Crippen LogP contribution < -0.4 is 10.6 Å². The number of H-pyrrole nitrogens is 1. The Labute approximate surface area is 179 Å². The van der Waals surface area contributed by atoms with Crippen molar-refractivity contribution in [1.29, 1.82) is 0 Å². The van der Waals surface area contributed by atoms with Gasteiger partial charge in [-0.2, -0.15) is 0 Å². The number of aromatic amines is 1. The summed E-state index contributed by atoms with van der Waals surface area (Å²) in [7, 11) is 0. The number of nitrogens with one attached hydrogen (secondary N) is 3. The smallest absolute Gasteiger partial charge is 0.314 e.